The van der Waals surface area contributed by atoms with Gasteiger partial charge in [0, 0.05) is 11.6 Å². The number of halogens is 1. The summed E-state index contributed by atoms with van der Waals surface area (Å²) in [5.41, 5.74) is 7.17. The maximum atomic E-state index is 11.0. The molecule has 3 nitrogen and oxygen atoms in total. The van der Waals surface area contributed by atoms with Crippen LogP contribution in [0.1, 0.15) is 43.2 Å². The lowest BCUT2D eigenvalue weighted by atomic mass is 9.93. The van der Waals surface area contributed by atoms with Gasteiger partial charge in [-0.2, -0.15) is 0 Å². The molecule has 2 atom stereocenters. The van der Waals surface area contributed by atoms with Crippen molar-refractivity contribution in [2.75, 3.05) is 6.54 Å². The Labute approximate surface area is 107 Å². The van der Waals surface area contributed by atoms with E-state index in [1.165, 1.54) is 0 Å². The number of nitrogens with two attached hydrogens (primary N) is 1. The van der Waals surface area contributed by atoms with Gasteiger partial charge < -0.3 is 10.8 Å². The molecule has 0 aliphatic carbocycles. The monoisotopic (exact) mass is 255 g/mol. The number of carbonyl (C=O) groups is 1. The van der Waals surface area contributed by atoms with Crippen molar-refractivity contribution in [2.45, 2.75) is 32.1 Å². The maximum absolute atomic E-state index is 11.0. The SMILES string of the molecule is CCC(C)c1ccc(C(CN)C(=O)O)cc1Cl. The third-order valence-electron chi connectivity index (χ3n) is 3.10. The molecule has 0 bridgehead atoms. The highest BCUT2D eigenvalue weighted by atomic mass is 35.5. The van der Waals surface area contributed by atoms with Gasteiger partial charge in [-0.05, 0) is 29.5 Å². The molecule has 0 spiro atoms. The van der Waals surface area contributed by atoms with Crippen LogP contribution in [0.2, 0.25) is 5.02 Å². The van der Waals surface area contributed by atoms with Crippen LogP contribution in [0.3, 0.4) is 0 Å². The van der Waals surface area contributed by atoms with E-state index in [2.05, 4.69) is 13.8 Å². The van der Waals surface area contributed by atoms with E-state index in [9.17, 15) is 4.79 Å². The van der Waals surface area contributed by atoms with E-state index in [-0.39, 0.29) is 6.54 Å². The first-order valence-electron chi connectivity index (χ1n) is 5.73. The van der Waals surface area contributed by atoms with Crippen LogP contribution in [0.5, 0.6) is 0 Å². The quantitative estimate of drug-likeness (QED) is 0.850. The molecule has 0 aliphatic rings. The van der Waals surface area contributed by atoms with Gasteiger partial charge in [0.25, 0.3) is 0 Å². The van der Waals surface area contributed by atoms with Crippen molar-refractivity contribution in [3.8, 4) is 0 Å². The van der Waals surface area contributed by atoms with Gasteiger partial charge in [0.2, 0.25) is 0 Å². The molecule has 94 valence electrons. The minimum Gasteiger partial charge on any atom is -0.481 e. The van der Waals surface area contributed by atoms with Crippen molar-refractivity contribution in [2.24, 2.45) is 5.73 Å². The smallest absolute Gasteiger partial charge is 0.312 e. The molecule has 0 aromatic heterocycles. The van der Waals surface area contributed by atoms with E-state index in [4.69, 9.17) is 22.4 Å². The van der Waals surface area contributed by atoms with E-state index < -0.39 is 11.9 Å². The molecule has 1 aromatic carbocycles. The molecule has 4 heteroatoms. The Balaban J connectivity index is 3.07. The number of hydrogen-bond acceptors (Lipinski definition) is 2. The molecule has 0 fully saturated rings. The number of benzene rings is 1. The van der Waals surface area contributed by atoms with Crippen molar-refractivity contribution in [1.82, 2.24) is 0 Å². The second-order valence-corrected chi connectivity index (χ2v) is 4.62. The van der Waals surface area contributed by atoms with Crippen LogP contribution in [0.4, 0.5) is 0 Å². The summed E-state index contributed by atoms with van der Waals surface area (Å²) in [5, 5.41) is 9.64. The van der Waals surface area contributed by atoms with E-state index >= 15 is 0 Å². The average Bonchev–Trinajstić information content (AvgIpc) is 2.28. The molecular formula is C13H18ClNO2. The lowest BCUT2D eigenvalue weighted by Gasteiger charge is -2.15. The van der Waals surface area contributed by atoms with E-state index in [0.29, 0.717) is 16.5 Å². The first-order valence-corrected chi connectivity index (χ1v) is 6.11. The first-order chi connectivity index (χ1) is 8.01. The highest BCUT2D eigenvalue weighted by Gasteiger charge is 2.19. The number of carboxylic acids is 1. The van der Waals surface area contributed by atoms with Crippen molar-refractivity contribution in [3.05, 3.63) is 34.3 Å². The summed E-state index contributed by atoms with van der Waals surface area (Å²) in [6, 6.07) is 5.42. The molecule has 0 saturated heterocycles. The van der Waals surface area contributed by atoms with Crippen molar-refractivity contribution >= 4 is 17.6 Å². The van der Waals surface area contributed by atoms with Gasteiger partial charge in [0.15, 0.2) is 0 Å². The fourth-order valence-corrected chi connectivity index (χ4v) is 2.13. The van der Waals surface area contributed by atoms with Gasteiger partial charge in [-0.1, -0.05) is 37.6 Å². The maximum Gasteiger partial charge on any atom is 0.312 e. The Morgan fingerprint density at radius 1 is 1.53 bits per heavy atom. The summed E-state index contributed by atoms with van der Waals surface area (Å²) in [7, 11) is 0. The van der Waals surface area contributed by atoms with Gasteiger partial charge in [-0.3, -0.25) is 4.79 Å². The number of aliphatic carboxylic acids is 1. The van der Waals surface area contributed by atoms with Crippen molar-refractivity contribution in [3.63, 3.8) is 0 Å². The Morgan fingerprint density at radius 3 is 2.59 bits per heavy atom. The normalized spacial score (nSPS) is 14.4. The average molecular weight is 256 g/mol. The number of rotatable bonds is 5. The molecule has 1 rings (SSSR count). The molecule has 17 heavy (non-hydrogen) atoms. The fourth-order valence-electron chi connectivity index (χ4n) is 1.76. The highest BCUT2D eigenvalue weighted by molar-refractivity contribution is 6.31. The lowest BCUT2D eigenvalue weighted by Crippen LogP contribution is -2.21. The zero-order chi connectivity index (χ0) is 13.0. The van der Waals surface area contributed by atoms with E-state index in [1.807, 2.05) is 6.07 Å². The van der Waals surface area contributed by atoms with E-state index in [0.717, 1.165) is 12.0 Å². The molecule has 0 amide bonds. The van der Waals surface area contributed by atoms with Gasteiger partial charge in [0.1, 0.15) is 0 Å². The van der Waals surface area contributed by atoms with Gasteiger partial charge in [0.05, 0.1) is 5.92 Å². The predicted octanol–water partition coefficient (Wildman–Crippen LogP) is 2.98. The van der Waals surface area contributed by atoms with E-state index in [1.54, 1.807) is 12.1 Å². The lowest BCUT2D eigenvalue weighted by molar-refractivity contribution is -0.138. The summed E-state index contributed by atoms with van der Waals surface area (Å²) >= 11 is 6.18. The van der Waals surface area contributed by atoms with Gasteiger partial charge >= 0.3 is 5.97 Å². The van der Waals surface area contributed by atoms with Crippen LogP contribution in [-0.4, -0.2) is 17.6 Å². The second kappa shape index (κ2) is 6.03. The summed E-state index contributed by atoms with van der Waals surface area (Å²) in [6.45, 7) is 4.27. The highest BCUT2D eigenvalue weighted by Crippen LogP contribution is 2.29. The Hall–Kier alpha value is -1.06. The summed E-state index contributed by atoms with van der Waals surface area (Å²) in [6.07, 6.45) is 0.998. The molecule has 1 aromatic rings. The van der Waals surface area contributed by atoms with Crippen molar-refractivity contribution in [1.29, 1.82) is 0 Å². The predicted molar refractivity (Wildman–Crippen MR) is 69.6 cm³/mol. The first kappa shape index (κ1) is 14.0. The zero-order valence-corrected chi connectivity index (χ0v) is 10.9. The number of carboxylic acid groups (broad SMARTS) is 1. The summed E-state index contributed by atoms with van der Waals surface area (Å²) < 4.78 is 0. The molecule has 0 radical (unpaired) electrons. The fraction of sp³-hybridized carbons (Fsp3) is 0.462. The standard InChI is InChI=1S/C13H18ClNO2/c1-3-8(2)10-5-4-9(6-12(10)14)11(7-15)13(16)17/h4-6,8,11H,3,7,15H2,1-2H3,(H,16,17). The third-order valence-corrected chi connectivity index (χ3v) is 3.43. The van der Waals surface area contributed by atoms with Crippen LogP contribution in [-0.2, 0) is 4.79 Å². The molecule has 0 saturated carbocycles. The van der Waals surface area contributed by atoms with Crippen molar-refractivity contribution < 1.29 is 9.90 Å². The van der Waals surface area contributed by atoms with Crippen LogP contribution in [0, 0.1) is 0 Å². The zero-order valence-electron chi connectivity index (χ0n) is 10.1. The van der Waals surface area contributed by atoms with Gasteiger partial charge in [-0.15, -0.1) is 0 Å². The minimum atomic E-state index is -0.917. The Morgan fingerprint density at radius 2 is 2.18 bits per heavy atom. The Bertz CT molecular complexity index is 406. The molecule has 2 unspecified atom stereocenters. The minimum absolute atomic E-state index is 0.0777. The van der Waals surface area contributed by atoms with Crippen LogP contribution < -0.4 is 5.73 Å². The summed E-state index contributed by atoms with van der Waals surface area (Å²) in [4.78, 5) is 11.0. The van der Waals surface area contributed by atoms with Crippen LogP contribution in [0.25, 0.3) is 0 Å². The van der Waals surface area contributed by atoms with Crippen LogP contribution in [0.15, 0.2) is 18.2 Å². The topological polar surface area (TPSA) is 63.3 Å². The molecule has 0 heterocycles. The van der Waals surface area contributed by atoms with Gasteiger partial charge in [-0.25, -0.2) is 0 Å². The number of hydrogen-bond donors (Lipinski definition) is 2. The second-order valence-electron chi connectivity index (χ2n) is 4.22. The molecule has 3 N–H and O–H groups in total. The largest absolute Gasteiger partial charge is 0.481 e. The third kappa shape index (κ3) is 3.20. The summed E-state index contributed by atoms with van der Waals surface area (Å²) in [5.74, 6) is -1.23. The molecule has 0 aliphatic heterocycles. The Kier molecular flexibility index (Phi) is 4.97. The van der Waals surface area contributed by atoms with Crippen LogP contribution >= 0.6 is 11.6 Å². The molecular weight excluding hydrogens is 238 g/mol.